The quantitative estimate of drug-likeness (QED) is 0.780. The number of hydrogen-bond acceptors (Lipinski definition) is 3. The lowest BCUT2D eigenvalue weighted by atomic mass is 9.96. The van der Waals surface area contributed by atoms with Gasteiger partial charge in [-0.3, -0.25) is 0 Å². The van der Waals surface area contributed by atoms with E-state index in [4.69, 9.17) is 9.47 Å². The van der Waals surface area contributed by atoms with Gasteiger partial charge in [-0.1, -0.05) is 12.1 Å². The molecular weight excluding hydrogens is 211 g/mol. The maximum absolute atomic E-state index is 12.7. The van der Waals surface area contributed by atoms with Gasteiger partial charge in [-0.15, -0.1) is 0 Å². The first-order valence-electron chi connectivity index (χ1n) is 5.02. The molecule has 0 aliphatic heterocycles. The van der Waals surface area contributed by atoms with Gasteiger partial charge in [-0.2, -0.15) is 0 Å². The molecule has 0 aliphatic carbocycles. The van der Waals surface area contributed by atoms with Crippen LogP contribution in [0.1, 0.15) is 12.5 Å². The summed E-state index contributed by atoms with van der Waals surface area (Å²) in [4.78, 5) is 0. The summed E-state index contributed by atoms with van der Waals surface area (Å²) < 4.78 is 22.7. The number of hydrogen-bond donors (Lipinski definition) is 1. The van der Waals surface area contributed by atoms with Crippen LogP contribution in [0.4, 0.5) is 4.39 Å². The Balaban J connectivity index is 2.75. The minimum Gasteiger partial charge on any atom is -0.385 e. The molecule has 1 N–H and O–H groups in total. The van der Waals surface area contributed by atoms with Crippen LogP contribution in [0, 0.1) is 5.82 Å². The van der Waals surface area contributed by atoms with Crippen molar-refractivity contribution in [1.29, 1.82) is 0 Å². The van der Waals surface area contributed by atoms with Crippen LogP contribution in [0.25, 0.3) is 0 Å². The lowest BCUT2D eigenvalue weighted by Crippen LogP contribution is -2.43. The van der Waals surface area contributed by atoms with Gasteiger partial charge in [-0.25, -0.2) is 4.39 Å². The summed E-state index contributed by atoms with van der Waals surface area (Å²) in [7, 11) is 2.93. The monoisotopic (exact) mass is 228 g/mol. The molecule has 0 saturated carbocycles. The Hall–Kier alpha value is -0.970. The van der Waals surface area contributed by atoms with Crippen LogP contribution in [-0.4, -0.2) is 31.2 Å². The largest absolute Gasteiger partial charge is 0.385 e. The van der Waals surface area contributed by atoms with Crippen molar-refractivity contribution in [3.8, 4) is 0 Å². The molecule has 0 saturated heterocycles. The van der Waals surface area contributed by atoms with Gasteiger partial charge in [0.25, 0.3) is 0 Å². The minimum atomic E-state index is -1.15. The van der Waals surface area contributed by atoms with Gasteiger partial charge >= 0.3 is 0 Å². The molecule has 1 aromatic rings. The zero-order valence-electron chi connectivity index (χ0n) is 9.74. The summed E-state index contributed by atoms with van der Waals surface area (Å²) in [6.07, 6.45) is -0.378. The summed E-state index contributed by atoms with van der Waals surface area (Å²) >= 11 is 0. The molecule has 0 bridgehead atoms. The Morgan fingerprint density at radius 2 is 1.75 bits per heavy atom. The Labute approximate surface area is 94.8 Å². The van der Waals surface area contributed by atoms with E-state index in [9.17, 15) is 9.50 Å². The van der Waals surface area contributed by atoms with Crippen LogP contribution in [0.2, 0.25) is 0 Å². The summed E-state index contributed by atoms with van der Waals surface area (Å²) in [5.41, 5.74) is -0.327. The Bertz CT molecular complexity index is 318. The highest BCUT2D eigenvalue weighted by molar-refractivity contribution is 5.18. The fourth-order valence-corrected chi connectivity index (χ4v) is 1.70. The van der Waals surface area contributed by atoms with E-state index in [0.29, 0.717) is 6.42 Å². The molecule has 0 fully saturated rings. The fourth-order valence-electron chi connectivity index (χ4n) is 1.70. The SMILES string of the molecule is COC(OC)C(C)(O)Cc1ccc(F)cc1. The summed E-state index contributed by atoms with van der Waals surface area (Å²) in [6, 6.07) is 5.98. The van der Waals surface area contributed by atoms with E-state index < -0.39 is 11.9 Å². The summed E-state index contributed by atoms with van der Waals surface area (Å²) in [5.74, 6) is -0.293. The predicted octanol–water partition coefficient (Wildman–Crippen LogP) is 1.74. The number of benzene rings is 1. The average molecular weight is 228 g/mol. The molecule has 1 rings (SSSR count). The molecule has 0 heterocycles. The molecule has 1 unspecified atom stereocenters. The second-order valence-corrected chi connectivity index (χ2v) is 3.96. The van der Waals surface area contributed by atoms with Gasteiger partial charge in [0.15, 0.2) is 6.29 Å². The lowest BCUT2D eigenvalue weighted by Gasteiger charge is -2.30. The number of aliphatic hydroxyl groups is 1. The van der Waals surface area contributed by atoms with Crippen LogP contribution in [-0.2, 0) is 15.9 Å². The van der Waals surface area contributed by atoms with Gasteiger partial charge < -0.3 is 14.6 Å². The maximum Gasteiger partial charge on any atom is 0.185 e. The first-order valence-corrected chi connectivity index (χ1v) is 5.02. The summed E-state index contributed by atoms with van der Waals surface area (Å²) in [5, 5.41) is 10.2. The second kappa shape index (κ2) is 5.39. The zero-order chi connectivity index (χ0) is 12.2. The van der Waals surface area contributed by atoms with Gasteiger partial charge in [0.05, 0.1) is 0 Å². The molecule has 90 valence electrons. The van der Waals surface area contributed by atoms with Crippen molar-refractivity contribution >= 4 is 0 Å². The van der Waals surface area contributed by atoms with Crippen LogP contribution in [0.15, 0.2) is 24.3 Å². The molecule has 0 amide bonds. The van der Waals surface area contributed by atoms with E-state index in [1.54, 1.807) is 19.1 Å². The van der Waals surface area contributed by atoms with Crippen molar-refractivity contribution in [1.82, 2.24) is 0 Å². The van der Waals surface area contributed by atoms with E-state index in [-0.39, 0.29) is 5.82 Å². The molecule has 1 aromatic carbocycles. The van der Waals surface area contributed by atoms with Crippen molar-refractivity contribution in [2.45, 2.75) is 25.2 Å². The van der Waals surface area contributed by atoms with E-state index in [2.05, 4.69) is 0 Å². The molecule has 0 aliphatic rings. The molecule has 4 heteroatoms. The van der Waals surface area contributed by atoms with Crippen LogP contribution in [0.5, 0.6) is 0 Å². The smallest absolute Gasteiger partial charge is 0.185 e. The Kier molecular flexibility index (Phi) is 4.41. The normalized spacial score (nSPS) is 15.1. The summed E-state index contributed by atoms with van der Waals surface area (Å²) in [6.45, 7) is 1.62. The number of ether oxygens (including phenoxy) is 2. The minimum absolute atomic E-state index is 0.293. The highest BCUT2D eigenvalue weighted by Gasteiger charge is 2.32. The van der Waals surface area contributed by atoms with Gasteiger partial charge in [0.1, 0.15) is 11.4 Å². The fraction of sp³-hybridized carbons (Fsp3) is 0.500. The molecule has 0 spiro atoms. The van der Waals surface area contributed by atoms with Gasteiger partial charge in [0.2, 0.25) is 0 Å². The van der Waals surface area contributed by atoms with Crippen molar-refractivity contribution in [3.05, 3.63) is 35.6 Å². The predicted molar refractivity (Wildman–Crippen MR) is 58.5 cm³/mol. The topological polar surface area (TPSA) is 38.7 Å². The molecule has 0 radical (unpaired) electrons. The highest BCUT2D eigenvalue weighted by Crippen LogP contribution is 2.20. The van der Waals surface area contributed by atoms with E-state index >= 15 is 0 Å². The Morgan fingerprint density at radius 3 is 2.19 bits per heavy atom. The first kappa shape index (κ1) is 13.1. The highest BCUT2D eigenvalue weighted by atomic mass is 19.1. The van der Waals surface area contributed by atoms with Crippen LogP contribution in [0.3, 0.4) is 0 Å². The third kappa shape index (κ3) is 3.27. The standard InChI is InChI=1S/C12H17FO3/c1-12(14,11(15-2)16-3)8-9-4-6-10(13)7-5-9/h4-7,11,14H,8H2,1-3H3. The van der Waals surface area contributed by atoms with Gasteiger partial charge in [0, 0.05) is 20.6 Å². The lowest BCUT2D eigenvalue weighted by molar-refractivity contribution is -0.207. The second-order valence-electron chi connectivity index (χ2n) is 3.96. The molecule has 16 heavy (non-hydrogen) atoms. The number of halogens is 1. The first-order chi connectivity index (χ1) is 7.49. The van der Waals surface area contributed by atoms with E-state index in [1.165, 1.54) is 26.4 Å². The molecule has 3 nitrogen and oxygen atoms in total. The van der Waals surface area contributed by atoms with Crippen LogP contribution >= 0.6 is 0 Å². The third-order valence-electron chi connectivity index (χ3n) is 2.41. The van der Waals surface area contributed by atoms with Crippen molar-refractivity contribution in [2.24, 2.45) is 0 Å². The maximum atomic E-state index is 12.7. The molecule has 0 aromatic heterocycles. The van der Waals surface area contributed by atoms with E-state index in [0.717, 1.165) is 5.56 Å². The third-order valence-corrected chi connectivity index (χ3v) is 2.41. The van der Waals surface area contributed by atoms with E-state index in [1.807, 2.05) is 0 Å². The van der Waals surface area contributed by atoms with Crippen molar-refractivity contribution < 1.29 is 19.0 Å². The van der Waals surface area contributed by atoms with Crippen molar-refractivity contribution in [3.63, 3.8) is 0 Å². The van der Waals surface area contributed by atoms with Gasteiger partial charge in [-0.05, 0) is 24.6 Å². The zero-order valence-corrected chi connectivity index (χ0v) is 9.74. The number of methoxy groups -OCH3 is 2. The molecule has 1 atom stereocenters. The molecular formula is C12H17FO3. The number of rotatable bonds is 5. The van der Waals surface area contributed by atoms with Crippen LogP contribution < -0.4 is 0 Å². The Morgan fingerprint density at radius 1 is 1.25 bits per heavy atom. The average Bonchev–Trinajstić information content (AvgIpc) is 2.22. The van der Waals surface area contributed by atoms with Crippen molar-refractivity contribution in [2.75, 3.05) is 14.2 Å².